The van der Waals surface area contributed by atoms with Crippen molar-refractivity contribution in [1.29, 1.82) is 0 Å². The first kappa shape index (κ1) is 15.1. The molecule has 0 atom stereocenters. The smallest absolute Gasteiger partial charge is 0.152 e. The molecule has 0 radical (unpaired) electrons. The van der Waals surface area contributed by atoms with Crippen LogP contribution in [0.5, 0.6) is 5.75 Å². The zero-order chi connectivity index (χ0) is 13.7. The predicted molar refractivity (Wildman–Crippen MR) is 80.4 cm³/mol. The third-order valence-corrected chi connectivity index (χ3v) is 4.13. The summed E-state index contributed by atoms with van der Waals surface area (Å²) in [5.41, 5.74) is 1.13. The van der Waals surface area contributed by atoms with E-state index in [4.69, 9.17) is 21.1 Å². The van der Waals surface area contributed by atoms with E-state index >= 15 is 0 Å². The number of benzene rings is 1. The second-order valence-corrected chi connectivity index (χ2v) is 6.13. The highest BCUT2D eigenvalue weighted by molar-refractivity contribution is 9.10. The van der Waals surface area contributed by atoms with Crippen LogP contribution in [0.2, 0.25) is 5.02 Å². The maximum atomic E-state index is 6.19. The molecular weight excluding hydrogens is 330 g/mol. The van der Waals surface area contributed by atoms with Gasteiger partial charge < -0.3 is 14.4 Å². The van der Waals surface area contributed by atoms with Gasteiger partial charge in [-0.05, 0) is 40.5 Å². The lowest BCUT2D eigenvalue weighted by molar-refractivity contribution is -0.908. The maximum absolute atomic E-state index is 6.19. The zero-order valence-corrected chi connectivity index (χ0v) is 13.5. The second kappa shape index (κ2) is 7.48. The van der Waals surface area contributed by atoms with Crippen LogP contribution in [0.3, 0.4) is 0 Å². The Labute approximate surface area is 128 Å². The molecule has 5 heteroatoms. The summed E-state index contributed by atoms with van der Waals surface area (Å²) in [4.78, 5) is 1.60. The standard InChI is InChI=1S/C14H19BrClNO2/c1-11-9-12(15)14(13(16)10-11)19-6-2-3-17-4-7-18-8-5-17/h9-10H,2-8H2,1H3/p+1. The van der Waals surface area contributed by atoms with E-state index in [1.807, 2.05) is 19.1 Å². The first-order valence-electron chi connectivity index (χ1n) is 6.66. The van der Waals surface area contributed by atoms with Crippen LogP contribution in [0.25, 0.3) is 0 Å². The summed E-state index contributed by atoms with van der Waals surface area (Å²) in [5.74, 6) is 0.754. The highest BCUT2D eigenvalue weighted by Gasteiger charge is 2.13. The van der Waals surface area contributed by atoms with Crippen molar-refractivity contribution in [2.24, 2.45) is 0 Å². The number of nitrogens with one attached hydrogen (secondary N) is 1. The summed E-state index contributed by atoms with van der Waals surface area (Å²) in [7, 11) is 0. The van der Waals surface area contributed by atoms with Gasteiger partial charge in [0.15, 0.2) is 5.75 Å². The molecule has 0 spiro atoms. The Kier molecular flexibility index (Phi) is 5.95. The first-order valence-corrected chi connectivity index (χ1v) is 7.83. The lowest BCUT2D eigenvalue weighted by atomic mass is 10.2. The number of rotatable bonds is 5. The molecule has 1 aliphatic rings. The largest absolute Gasteiger partial charge is 0.491 e. The normalized spacial score (nSPS) is 16.6. The van der Waals surface area contributed by atoms with E-state index in [0.29, 0.717) is 11.6 Å². The van der Waals surface area contributed by atoms with Crippen molar-refractivity contribution in [1.82, 2.24) is 0 Å². The van der Waals surface area contributed by atoms with Crippen LogP contribution < -0.4 is 9.64 Å². The molecule has 106 valence electrons. The third kappa shape index (κ3) is 4.63. The lowest BCUT2D eigenvalue weighted by Gasteiger charge is -2.23. The van der Waals surface area contributed by atoms with Gasteiger partial charge >= 0.3 is 0 Å². The highest BCUT2D eigenvalue weighted by atomic mass is 79.9. The number of halogens is 2. The summed E-state index contributed by atoms with van der Waals surface area (Å²) in [6.45, 7) is 7.82. The van der Waals surface area contributed by atoms with Crippen LogP contribution in [0, 0.1) is 6.92 Å². The van der Waals surface area contributed by atoms with Crippen molar-refractivity contribution in [3.8, 4) is 5.75 Å². The van der Waals surface area contributed by atoms with Gasteiger partial charge in [0.25, 0.3) is 0 Å². The summed E-state index contributed by atoms with van der Waals surface area (Å²) in [6, 6.07) is 3.95. The van der Waals surface area contributed by atoms with Gasteiger partial charge in [0.2, 0.25) is 0 Å². The van der Waals surface area contributed by atoms with Crippen molar-refractivity contribution >= 4 is 27.5 Å². The van der Waals surface area contributed by atoms with Crippen molar-refractivity contribution in [2.75, 3.05) is 39.5 Å². The molecule has 1 aromatic rings. The SMILES string of the molecule is Cc1cc(Cl)c(OCCC[NH+]2CCOCC2)c(Br)c1. The summed E-state index contributed by atoms with van der Waals surface area (Å²) in [6.07, 6.45) is 1.03. The van der Waals surface area contributed by atoms with Crippen LogP contribution >= 0.6 is 27.5 Å². The van der Waals surface area contributed by atoms with E-state index in [1.165, 1.54) is 0 Å². The van der Waals surface area contributed by atoms with Gasteiger partial charge in [0, 0.05) is 6.42 Å². The Morgan fingerprint density at radius 1 is 1.37 bits per heavy atom. The van der Waals surface area contributed by atoms with Gasteiger partial charge in [-0.25, -0.2) is 0 Å². The summed E-state index contributed by atoms with van der Waals surface area (Å²) >= 11 is 9.68. The molecule has 0 saturated carbocycles. The van der Waals surface area contributed by atoms with Gasteiger partial charge in [-0.15, -0.1) is 0 Å². The Bertz CT molecular complexity index is 399. The Morgan fingerprint density at radius 3 is 2.79 bits per heavy atom. The molecule has 19 heavy (non-hydrogen) atoms. The van der Waals surface area contributed by atoms with Crippen LogP contribution in [-0.4, -0.2) is 39.5 Å². The van der Waals surface area contributed by atoms with Crippen molar-refractivity contribution in [2.45, 2.75) is 13.3 Å². The van der Waals surface area contributed by atoms with Crippen molar-refractivity contribution < 1.29 is 14.4 Å². The molecule has 0 amide bonds. The third-order valence-electron chi connectivity index (χ3n) is 3.26. The predicted octanol–water partition coefficient (Wildman–Crippen LogP) is 2.09. The van der Waals surface area contributed by atoms with Gasteiger partial charge in [0.05, 0.1) is 35.9 Å². The number of morpholine rings is 1. The van der Waals surface area contributed by atoms with Gasteiger partial charge in [-0.2, -0.15) is 0 Å². The molecular formula is C14H20BrClNO2+. The van der Waals surface area contributed by atoms with Crippen LogP contribution in [0.15, 0.2) is 16.6 Å². The molecule has 2 rings (SSSR count). The topological polar surface area (TPSA) is 22.9 Å². The Morgan fingerprint density at radius 2 is 2.11 bits per heavy atom. The van der Waals surface area contributed by atoms with E-state index in [-0.39, 0.29) is 0 Å². The van der Waals surface area contributed by atoms with Crippen LogP contribution in [0.1, 0.15) is 12.0 Å². The minimum Gasteiger partial charge on any atom is -0.491 e. The minimum atomic E-state index is 0.672. The minimum absolute atomic E-state index is 0.672. The molecule has 1 fully saturated rings. The molecule has 1 aromatic carbocycles. The van der Waals surface area contributed by atoms with E-state index < -0.39 is 0 Å². The second-order valence-electron chi connectivity index (χ2n) is 4.87. The monoisotopic (exact) mass is 348 g/mol. The number of hydrogen-bond acceptors (Lipinski definition) is 2. The quantitative estimate of drug-likeness (QED) is 0.823. The van der Waals surface area contributed by atoms with Crippen molar-refractivity contribution in [3.05, 3.63) is 27.2 Å². The number of hydrogen-bond donors (Lipinski definition) is 1. The van der Waals surface area contributed by atoms with Gasteiger partial charge in [-0.1, -0.05) is 11.6 Å². The Hall–Kier alpha value is -0.290. The zero-order valence-electron chi connectivity index (χ0n) is 11.2. The molecule has 1 saturated heterocycles. The molecule has 0 aliphatic carbocycles. The molecule has 1 heterocycles. The number of quaternary nitrogens is 1. The average Bonchev–Trinajstić information content (AvgIpc) is 2.38. The average molecular weight is 350 g/mol. The summed E-state index contributed by atoms with van der Waals surface area (Å²) in [5, 5.41) is 0.672. The fourth-order valence-electron chi connectivity index (χ4n) is 2.23. The molecule has 0 unspecified atom stereocenters. The van der Waals surface area contributed by atoms with Crippen LogP contribution in [0.4, 0.5) is 0 Å². The van der Waals surface area contributed by atoms with E-state index in [1.54, 1.807) is 4.90 Å². The molecule has 0 bridgehead atoms. The fraction of sp³-hybridized carbons (Fsp3) is 0.571. The van der Waals surface area contributed by atoms with Crippen LogP contribution in [-0.2, 0) is 4.74 Å². The van der Waals surface area contributed by atoms with E-state index in [0.717, 1.165) is 55.1 Å². The van der Waals surface area contributed by atoms with Crippen molar-refractivity contribution in [3.63, 3.8) is 0 Å². The molecule has 1 N–H and O–H groups in total. The maximum Gasteiger partial charge on any atom is 0.152 e. The number of aryl methyl sites for hydroxylation is 1. The molecule has 3 nitrogen and oxygen atoms in total. The van der Waals surface area contributed by atoms with E-state index in [9.17, 15) is 0 Å². The lowest BCUT2D eigenvalue weighted by Crippen LogP contribution is -3.14. The number of ether oxygens (including phenoxy) is 2. The van der Waals surface area contributed by atoms with Gasteiger partial charge in [0.1, 0.15) is 13.1 Å². The first-order chi connectivity index (χ1) is 9.16. The van der Waals surface area contributed by atoms with E-state index in [2.05, 4.69) is 15.9 Å². The van der Waals surface area contributed by atoms with Gasteiger partial charge in [-0.3, -0.25) is 0 Å². The molecule has 1 aliphatic heterocycles. The Balaban J connectivity index is 1.76. The summed E-state index contributed by atoms with van der Waals surface area (Å²) < 4.78 is 12.1. The fourth-order valence-corrected chi connectivity index (χ4v) is 3.36. The molecule has 0 aromatic heterocycles. The highest BCUT2D eigenvalue weighted by Crippen LogP contribution is 2.34.